The predicted octanol–water partition coefficient (Wildman–Crippen LogP) is 3.81. The molecule has 3 nitrogen and oxygen atoms in total. The Morgan fingerprint density at radius 2 is 1.71 bits per heavy atom. The molecule has 1 aliphatic rings. The van der Waals surface area contributed by atoms with Crippen molar-refractivity contribution in [3.05, 3.63) is 29.8 Å². The number of benzene rings is 1. The Hall–Kier alpha value is -0.770. The van der Waals surface area contributed by atoms with Gasteiger partial charge in [0.05, 0.1) is 12.7 Å². The van der Waals surface area contributed by atoms with Crippen molar-refractivity contribution in [2.75, 3.05) is 21.2 Å². The van der Waals surface area contributed by atoms with E-state index >= 15 is 0 Å². The summed E-state index contributed by atoms with van der Waals surface area (Å²) in [6, 6.07) is 8.46. The van der Waals surface area contributed by atoms with Crippen LogP contribution in [0.3, 0.4) is 0 Å². The number of rotatable bonds is 5. The molecular formula is C17H28ClNO2. The molecule has 0 aromatic heterocycles. The van der Waals surface area contributed by atoms with E-state index in [2.05, 4.69) is 31.1 Å². The van der Waals surface area contributed by atoms with Gasteiger partial charge in [-0.1, -0.05) is 31.4 Å². The minimum atomic E-state index is -0.493. The highest BCUT2D eigenvalue weighted by atomic mass is 35.5. The fourth-order valence-electron chi connectivity index (χ4n) is 3.20. The summed E-state index contributed by atoms with van der Waals surface area (Å²) in [6.07, 6.45) is 6.25. The van der Waals surface area contributed by atoms with Gasteiger partial charge in [0, 0.05) is 6.04 Å². The number of ether oxygens (including phenoxy) is 1. The molecule has 1 aromatic rings. The third-order valence-electron chi connectivity index (χ3n) is 4.48. The van der Waals surface area contributed by atoms with Crippen LogP contribution in [0, 0.1) is 0 Å². The highest BCUT2D eigenvalue weighted by molar-refractivity contribution is 5.85. The van der Waals surface area contributed by atoms with Crippen molar-refractivity contribution < 1.29 is 9.84 Å². The van der Waals surface area contributed by atoms with Crippen molar-refractivity contribution in [3.8, 4) is 5.75 Å². The van der Waals surface area contributed by atoms with Crippen LogP contribution in [0.4, 0.5) is 0 Å². The van der Waals surface area contributed by atoms with Crippen LogP contribution in [0.1, 0.15) is 50.1 Å². The Bertz CT molecular complexity index is 413. The van der Waals surface area contributed by atoms with E-state index in [1.54, 1.807) is 7.11 Å². The van der Waals surface area contributed by atoms with Gasteiger partial charge in [-0.25, -0.2) is 0 Å². The molecule has 1 atom stereocenters. The van der Waals surface area contributed by atoms with E-state index in [-0.39, 0.29) is 18.4 Å². The van der Waals surface area contributed by atoms with Gasteiger partial charge < -0.3 is 14.7 Å². The topological polar surface area (TPSA) is 32.7 Å². The number of hydrogen-bond donors (Lipinski definition) is 1. The molecule has 0 heterocycles. The van der Waals surface area contributed by atoms with Crippen LogP contribution < -0.4 is 4.74 Å². The first-order valence-electron chi connectivity index (χ1n) is 7.57. The minimum absolute atomic E-state index is 0. The van der Waals surface area contributed by atoms with E-state index in [4.69, 9.17) is 4.74 Å². The molecule has 1 aromatic carbocycles. The summed E-state index contributed by atoms with van der Waals surface area (Å²) in [4.78, 5) is 2.20. The monoisotopic (exact) mass is 313 g/mol. The Morgan fingerprint density at radius 3 is 2.19 bits per heavy atom. The zero-order valence-electron chi connectivity index (χ0n) is 13.3. The van der Waals surface area contributed by atoms with Gasteiger partial charge in [-0.05, 0) is 51.1 Å². The van der Waals surface area contributed by atoms with Crippen LogP contribution in [0.15, 0.2) is 24.3 Å². The Labute approximate surface area is 134 Å². The Kier molecular flexibility index (Phi) is 6.98. The van der Waals surface area contributed by atoms with E-state index in [0.717, 1.165) is 37.9 Å². The number of hydrogen-bond acceptors (Lipinski definition) is 3. The summed E-state index contributed by atoms with van der Waals surface area (Å²) in [5, 5.41) is 10.8. The standard InChI is InChI=1S/C17H27NO2.ClH/c1-18(2)16(13-17(19)11-5-4-6-12-17)14-7-9-15(20-3)10-8-14;/h7-10,16,19H,4-6,11-13H2,1-3H3;1H/t16-;/m0./s1. The van der Waals surface area contributed by atoms with Gasteiger partial charge >= 0.3 is 0 Å². The maximum atomic E-state index is 10.8. The largest absolute Gasteiger partial charge is 0.497 e. The van der Waals surface area contributed by atoms with Crippen LogP contribution in [0.25, 0.3) is 0 Å². The molecule has 0 spiro atoms. The van der Waals surface area contributed by atoms with Gasteiger partial charge in [0.15, 0.2) is 0 Å². The number of aliphatic hydroxyl groups is 1. The van der Waals surface area contributed by atoms with Crippen LogP contribution in [0.5, 0.6) is 5.75 Å². The first kappa shape index (κ1) is 18.3. The van der Waals surface area contributed by atoms with Crippen molar-refractivity contribution in [3.63, 3.8) is 0 Å². The van der Waals surface area contributed by atoms with Crippen LogP contribution in [-0.4, -0.2) is 36.8 Å². The third kappa shape index (κ3) is 4.87. The summed E-state index contributed by atoms with van der Waals surface area (Å²) in [5.74, 6) is 0.877. The van der Waals surface area contributed by atoms with Gasteiger partial charge in [-0.15, -0.1) is 12.4 Å². The molecule has 1 fully saturated rings. The van der Waals surface area contributed by atoms with Gasteiger partial charge in [0.1, 0.15) is 5.75 Å². The molecule has 0 bridgehead atoms. The first-order valence-corrected chi connectivity index (χ1v) is 7.57. The third-order valence-corrected chi connectivity index (χ3v) is 4.48. The molecule has 120 valence electrons. The van der Waals surface area contributed by atoms with E-state index in [1.165, 1.54) is 12.0 Å². The quantitative estimate of drug-likeness (QED) is 0.897. The Balaban J connectivity index is 0.00000220. The lowest BCUT2D eigenvalue weighted by molar-refractivity contribution is -0.0227. The molecular weight excluding hydrogens is 286 g/mol. The average Bonchev–Trinajstić information content (AvgIpc) is 2.45. The summed E-state index contributed by atoms with van der Waals surface area (Å²) in [7, 11) is 5.85. The second kappa shape index (κ2) is 8.02. The second-order valence-corrected chi connectivity index (χ2v) is 6.24. The summed E-state index contributed by atoms with van der Waals surface area (Å²) < 4.78 is 5.22. The van der Waals surface area contributed by atoms with Crippen molar-refractivity contribution in [1.29, 1.82) is 0 Å². The highest BCUT2D eigenvalue weighted by Gasteiger charge is 2.33. The van der Waals surface area contributed by atoms with Crippen molar-refractivity contribution >= 4 is 12.4 Å². The van der Waals surface area contributed by atoms with Crippen LogP contribution in [-0.2, 0) is 0 Å². The molecule has 1 aliphatic carbocycles. The normalized spacial score (nSPS) is 18.9. The molecule has 0 amide bonds. The van der Waals surface area contributed by atoms with E-state index in [1.807, 2.05) is 12.1 Å². The SMILES string of the molecule is COc1ccc([C@H](CC2(O)CCCCC2)N(C)C)cc1.Cl. The second-order valence-electron chi connectivity index (χ2n) is 6.24. The number of methoxy groups -OCH3 is 1. The summed E-state index contributed by atoms with van der Waals surface area (Å²) in [5.41, 5.74) is 0.752. The molecule has 1 N–H and O–H groups in total. The highest BCUT2D eigenvalue weighted by Crippen LogP contribution is 2.37. The van der Waals surface area contributed by atoms with E-state index in [9.17, 15) is 5.11 Å². The van der Waals surface area contributed by atoms with Crippen molar-refractivity contribution in [1.82, 2.24) is 4.90 Å². The zero-order valence-corrected chi connectivity index (χ0v) is 14.2. The molecule has 4 heteroatoms. The molecule has 2 rings (SSSR count). The molecule has 1 saturated carbocycles. The maximum Gasteiger partial charge on any atom is 0.118 e. The lowest BCUT2D eigenvalue weighted by atomic mass is 9.79. The molecule has 0 saturated heterocycles. The van der Waals surface area contributed by atoms with Gasteiger partial charge in [-0.2, -0.15) is 0 Å². The van der Waals surface area contributed by atoms with Crippen LogP contribution in [0.2, 0.25) is 0 Å². The van der Waals surface area contributed by atoms with E-state index in [0.29, 0.717) is 0 Å². The van der Waals surface area contributed by atoms with Crippen molar-refractivity contribution in [2.45, 2.75) is 50.2 Å². The predicted molar refractivity (Wildman–Crippen MR) is 89.3 cm³/mol. The molecule has 21 heavy (non-hydrogen) atoms. The average molecular weight is 314 g/mol. The van der Waals surface area contributed by atoms with Crippen LogP contribution >= 0.6 is 12.4 Å². The summed E-state index contributed by atoms with van der Waals surface area (Å²) >= 11 is 0. The first-order chi connectivity index (χ1) is 9.54. The van der Waals surface area contributed by atoms with E-state index < -0.39 is 5.60 Å². The smallest absolute Gasteiger partial charge is 0.118 e. The number of halogens is 1. The fourth-order valence-corrected chi connectivity index (χ4v) is 3.20. The minimum Gasteiger partial charge on any atom is -0.497 e. The lowest BCUT2D eigenvalue weighted by Gasteiger charge is -2.37. The number of nitrogens with zero attached hydrogens (tertiary/aromatic N) is 1. The molecule has 0 aliphatic heterocycles. The van der Waals surface area contributed by atoms with Gasteiger partial charge in [0.25, 0.3) is 0 Å². The van der Waals surface area contributed by atoms with Gasteiger partial charge in [-0.3, -0.25) is 0 Å². The van der Waals surface area contributed by atoms with Gasteiger partial charge in [0.2, 0.25) is 0 Å². The fraction of sp³-hybridized carbons (Fsp3) is 0.647. The maximum absolute atomic E-state index is 10.8. The molecule has 0 radical (unpaired) electrons. The lowest BCUT2D eigenvalue weighted by Crippen LogP contribution is -2.36. The zero-order chi connectivity index (χ0) is 14.6. The Morgan fingerprint density at radius 1 is 1.14 bits per heavy atom. The summed E-state index contributed by atoms with van der Waals surface area (Å²) in [6.45, 7) is 0. The van der Waals surface area contributed by atoms with Crippen molar-refractivity contribution in [2.24, 2.45) is 0 Å². The molecule has 0 unspecified atom stereocenters.